The molecule has 1 aliphatic heterocycles. The zero-order valence-corrected chi connectivity index (χ0v) is 14.1. The Kier molecular flexibility index (Phi) is 5.53. The molecule has 2 heteroatoms. The van der Waals surface area contributed by atoms with E-state index in [0.29, 0.717) is 17.5 Å². The summed E-state index contributed by atoms with van der Waals surface area (Å²) >= 11 is 0. The Morgan fingerprint density at radius 3 is 2.50 bits per heavy atom. The Morgan fingerprint density at radius 1 is 1.10 bits per heavy atom. The minimum atomic E-state index is -0.0916. The Morgan fingerprint density at radius 2 is 1.85 bits per heavy atom. The van der Waals surface area contributed by atoms with Crippen LogP contribution in [-0.2, 0) is 0 Å². The van der Waals surface area contributed by atoms with Gasteiger partial charge in [-0.05, 0) is 56.4 Å². The molecule has 2 rings (SSSR count). The SMILES string of the molecule is CCC1CCCCN1C1CC(C(C)(C)CC)CCC1O. The topological polar surface area (TPSA) is 23.5 Å². The van der Waals surface area contributed by atoms with Crippen LogP contribution in [0.15, 0.2) is 0 Å². The van der Waals surface area contributed by atoms with Gasteiger partial charge in [0.25, 0.3) is 0 Å². The minimum absolute atomic E-state index is 0.0916. The lowest BCUT2D eigenvalue weighted by molar-refractivity contribution is -0.0466. The highest BCUT2D eigenvalue weighted by Gasteiger charge is 2.40. The number of aliphatic hydroxyl groups is 1. The molecular weight excluding hydrogens is 246 g/mol. The molecule has 1 saturated heterocycles. The number of aliphatic hydroxyl groups excluding tert-OH is 1. The molecule has 1 saturated carbocycles. The van der Waals surface area contributed by atoms with Gasteiger partial charge in [0.2, 0.25) is 0 Å². The standard InChI is InChI=1S/C18H35NO/c1-5-15-9-7-8-12-19(15)16-13-14(10-11-17(16)20)18(3,4)6-2/h14-17,20H,5-13H2,1-4H3. The Labute approximate surface area is 125 Å². The fraction of sp³-hybridized carbons (Fsp3) is 1.00. The van der Waals surface area contributed by atoms with Crippen molar-refractivity contribution >= 4 is 0 Å². The molecule has 2 fully saturated rings. The summed E-state index contributed by atoms with van der Waals surface area (Å²) in [6.07, 6.45) is 9.85. The van der Waals surface area contributed by atoms with Crippen LogP contribution in [0.25, 0.3) is 0 Å². The number of hydrogen-bond acceptors (Lipinski definition) is 2. The average molecular weight is 281 g/mol. The van der Waals surface area contributed by atoms with Gasteiger partial charge in [-0.2, -0.15) is 0 Å². The summed E-state index contributed by atoms with van der Waals surface area (Å²) in [5, 5.41) is 10.5. The predicted molar refractivity (Wildman–Crippen MR) is 85.8 cm³/mol. The van der Waals surface area contributed by atoms with Gasteiger partial charge >= 0.3 is 0 Å². The molecule has 0 spiro atoms. The van der Waals surface area contributed by atoms with Gasteiger partial charge in [-0.3, -0.25) is 4.90 Å². The maximum absolute atomic E-state index is 10.5. The summed E-state index contributed by atoms with van der Waals surface area (Å²) in [4.78, 5) is 2.67. The lowest BCUT2D eigenvalue weighted by atomic mass is 9.67. The quantitative estimate of drug-likeness (QED) is 0.834. The van der Waals surface area contributed by atoms with Crippen molar-refractivity contribution in [2.75, 3.05) is 6.54 Å². The maximum Gasteiger partial charge on any atom is 0.0695 e. The number of hydrogen-bond donors (Lipinski definition) is 1. The van der Waals surface area contributed by atoms with Gasteiger partial charge in [-0.15, -0.1) is 0 Å². The highest BCUT2D eigenvalue weighted by atomic mass is 16.3. The summed E-state index contributed by atoms with van der Waals surface area (Å²) < 4.78 is 0. The van der Waals surface area contributed by atoms with E-state index in [-0.39, 0.29) is 6.10 Å². The molecule has 2 nitrogen and oxygen atoms in total. The monoisotopic (exact) mass is 281 g/mol. The van der Waals surface area contributed by atoms with E-state index in [4.69, 9.17) is 0 Å². The Hall–Kier alpha value is -0.0800. The number of piperidine rings is 1. The smallest absolute Gasteiger partial charge is 0.0695 e. The number of nitrogens with zero attached hydrogens (tertiary/aromatic N) is 1. The second-order valence-electron chi connectivity index (χ2n) is 7.78. The molecule has 1 aliphatic carbocycles. The summed E-state index contributed by atoms with van der Waals surface area (Å²) in [5.41, 5.74) is 0.426. The van der Waals surface area contributed by atoms with Crippen molar-refractivity contribution in [3.8, 4) is 0 Å². The van der Waals surface area contributed by atoms with Crippen molar-refractivity contribution in [3.63, 3.8) is 0 Å². The second kappa shape index (κ2) is 6.79. The van der Waals surface area contributed by atoms with Crippen molar-refractivity contribution in [1.82, 2.24) is 4.90 Å². The van der Waals surface area contributed by atoms with Crippen molar-refractivity contribution in [1.29, 1.82) is 0 Å². The molecule has 4 unspecified atom stereocenters. The Balaban J connectivity index is 2.08. The minimum Gasteiger partial charge on any atom is -0.391 e. The zero-order chi connectivity index (χ0) is 14.8. The first-order valence-electron chi connectivity index (χ1n) is 8.93. The van der Waals surface area contributed by atoms with Gasteiger partial charge in [0.05, 0.1) is 6.10 Å². The largest absolute Gasteiger partial charge is 0.391 e. The highest BCUT2D eigenvalue weighted by Crippen LogP contribution is 2.42. The van der Waals surface area contributed by atoms with Crippen LogP contribution in [0.5, 0.6) is 0 Å². The van der Waals surface area contributed by atoms with Crippen LogP contribution in [0.2, 0.25) is 0 Å². The lowest BCUT2D eigenvalue weighted by Crippen LogP contribution is -2.54. The summed E-state index contributed by atoms with van der Waals surface area (Å²) in [7, 11) is 0. The first kappa shape index (κ1) is 16.3. The fourth-order valence-electron chi connectivity index (χ4n) is 4.38. The molecule has 4 atom stereocenters. The number of likely N-dealkylation sites (tertiary alicyclic amines) is 1. The molecule has 20 heavy (non-hydrogen) atoms. The molecule has 1 N–H and O–H groups in total. The lowest BCUT2D eigenvalue weighted by Gasteiger charge is -2.49. The third-order valence-corrected chi connectivity index (χ3v) is 6.37. The first-order valence-corrected chi connectivity index (χ1v) is 8.93. The molecule has 2 aliphatic rings. The van der Waals surface area contributed by atoms with Gasteiger partial charge in [0.1, 0.15) is 0 Å². The van der Waals surface area contributed by atoms with Crippen LogP contribution in [0, 0.1) is 11.3 Å². The van der Waals surface area contributed by atoms with Crippen LogP contribution in [-0.4, -0.2) is 34.7 Å². The molecule has 0 amide bonds. The van der Waals surface area contributed by atoms with E-state index in [9.17, 15) is 5.11 Å². The predicted octanol–water partition coefficient (Wildman–Crippen LogP) is 4.22. The molecule has 1 heterocycles. The molecule has 118 valence electrons. The van der Waals surface area contributed by atoms with E-state index >= 15 is 0 Å². The van der Waals surface area contributed by atoms with Crippen LogP contribution < -0.4 is 0 Å². The van der Waals surface area contributed by atoms with Gasteiger partial charge in [-0.1, -0.05) is 40.5 Å². The van der Waals surface area contributed by atoms with Crippen LogP contribution in [0.3, 0.4) is 0 Å². The van der Waals surface area contributed by atoms with E-state index < -0.39 is 0 Å². The van der Waals surface area contributed by atoms with Crippen LogP contribution in [0.1, 0.15) is 79.1 Å². The summed E-state index contributed by atoms with van der Waals surface area (Å²) in [6.45, 7) is 10.7. The van der Waals surface area contributed by atoms with Crippen molar-refractivity contribution in [2.45, 2.75) is 97.2 Å². The molecule has 0 bridgehead atoms. The van der Waals surface area contributed by atoms with E-state index in [1.54, 1.807) is 0 Å². The molecule has 0 aromatic rings. The third-order valence-electron chi connectivity index (χ3n) is 6.37. The van der Waals surface area contributed by atoms with Crippen LogP contribution >= 0.6 is 0 Å². The molecular formula is C18H35NO. The Bertz CT molecular complexity index is 302. The van der Waals surface area contributed by atoms with E-state index in [1.807, 2.05) is 0 Å². The van der Waals surface area contributed by atoms with Gasteiger partial charge in [0.15, 0.2) is 0 Å². The van der Waals surface area contributed by atoms with Crippen LogP contribution in [0.4, 0.5) is 0 Å². The normalized spacial score (nSPS) is 37.0. The van der Waals surface area contributed by atoms with Gasteiger partial charge < -0.3 is 5.11 Å². The van der Waals surface area contributed by atoms with Crippen molar-refractivity contribution in [3.05, 3.63) is 0 Å². The molecule has 0 aromatic heterocycles. The summed E-state index contributed by atoms with van der Waals surface area (Å²) in [6, 6.07) is 1.14. The second-order valence-corrected chi connectivity index (χ2v) is 7.78. The average Bonchev–Trinajstić information content (AvgIpc) is 2.47. The van der Waals surface area contributed by atoms with Crippen molar-refractivity contribution in [2.24, 2.45) is 11.3 Å². The highest BCUT2D eigenvalue weighted by molar-refractivity contribution is 4.94. The fourth-order valence-corrected chi connectivity index (χ4v) is 4.38. The van der Waals surface area contributed by atoms with E-state index in [0.717, 1.165) is 12.3 Å². The van der Waals surface area contributed by atoms with Gasteiger partial charge in [0, 0.05) is 12.1 Å². The molecule has 0 aromatic carbocycles. The number of rotatable bonds is 4. The third kappa shape index (κ3) is 3.39. The molecule has 0 radical (unpaired) electrons. The maximum atomic E-state index is 10.5. The first-order chi connectivity index (χ1) is 9.49. The van der Waals surface area contributed by atoms with Crippen molar-refractivity contribution < 1.29 is 5.11 Å². The van der Waals surface area contributed by atoms with E-state index in [1.165, 1.54) is 51.5 Å². The zero-order valence-electron chi connectivity index (χ0n) is 14.1. The van der Waals surface area contributed by atoms with Gasteiger partial charge in [-0.25, -0.2) is 0 Å². The van der Waals surface area contributed by atoms with E-state index in [2.05, 4.69) is 32.6 Å². The summed E-state index contributed by atoms with van der Waals surface area (Å²) in [5.74, 6) is 0.778.